The first-order valence-corrected chi connectivity index (χ1v) is 8.60. The van der Waals surface area contributed by atoms with Crippen LogP contribution in [0.5, 0.6) is 0 Å². The van der Waals surface area contributed by atoms with E-state index in [2.05, 4.69) is 11.4 Å². The number of amides is 1. The molecule has 1 aromatic heterocycles. The molecule has 0 spiro atoms. The molecule has 0 aliphatic heterocycles. The SMILES string of the molecule is Cc1cc(C)cc(NC(=O)CCc2ccc(-c3ccc(Cl)cc3)o2)c1. The van der Waals surface area contributed by atoms with Gasteiger partial charge in [0.15, 0.2) is 0 Å². The highest BCUT2D eigenvalue weighted by Crippen LogP contribution is 2.24. The highest BCUT2D eigenvalue weighted by molar-refractivity contribution is 6.30. The molecule has 0 atom stereocenters. The van der Waals surface area contributed by atoms with Gasteiger partial charge in [-0.3, -0.25) is 4.79 Å². The van der Waals surface area contributed by atoms with E-state index < -0.39 is 0 Å². The first kappa shape index (κ1) is 17.3. The monoisotopic (exact) mass is 353 g/mol. The van der Waals surface area contributed by atoms with Crippen LogP contribution in [-0.2, 0) is 11.2 Å². The lowest BCUT2D eigenvalue weighted by atomic mass is 10.1. The molecule has 25 heavy (non-hydrogen) atoms. The van der Waals surface area contributed by atoms with Crippen LogP contribution >= 0.6 is 11.6 Å². The number of benzene rings is 2. The number of halogens is 1. The average Bonchev–Trinajstić information content (AvgIpc) is 3.01. The summed E-state index contributed by atoms with van der Waals surface area (Å²) in [6.45, 7) is 4.04. The molecule has 0 bridgehead atoms. The molecule has 3 nitrogen and oxygen atoms in total. The third-order valence-electron chi connectivity index (χ3n) is 3.89. The van der Waals surface area contributed by atoms with E-state index in [9.17, 15) is 4.79 Å². The van der Waals surface area contributed by atoms with Crippen molar-refractivity contribution in [3.8, 4) is 11.3 Å². The van der Waals surface area contributed by atoms with Crippen molar-refractivity contribution in [3.05, 3.63) is 76.5 Å². The Bertz CT molecular complexity index is 861. The third-order valence-corrected chi connectivity index (χ3v) is 4.15. The van der Waals surface area contributed by atoms with Gasteiger partial charge in [0.05, 0.1) is 0 Å². The number of carbonyl (C=O) groups excluding carboxylic acids is 1. The summed E-state index contributed by atoms with van der Waals surface area (Å²) >= 11 is 5.90. The Labute approximate surface area is 152 Å². The number of anilines is 1. The van der Waals surface area contributed by atoms with Gasteiger partial charge in [-0.1, -0.05) is 17.7 Å². The molecular formula is C21H20ClNO2. The van der Waals surface area contributed by atoms with Crippen molar-refractivity contribution >= 4 is 23.2 Å². The number of carbonyl (C=O) groups is 1. The first-order valence-electron chi connectivity index (χ1n) is 8.22. The number of aryl methyl sites for hydroxylation is 3. The highest BCUT2D eigenvalue weighted by atomic mass is 35.5. The van der Waals surface area contributed by atoms with Crippen LogP contribution in [0.1, 0.15) is 23.3 Å². The molecule has 1 heterocycles. The maximum atomic E-state index is 12.2. The Hall–Kier alpha value is -2.52. The third kappa shape index (κ3) is 4.74. The van der Waals surface area contributed by atoms with Crippen LogP contribution in [-0.4, -0.2) is 5.91 Å². The van der Waals surface area contributed by atoms with E-state index in [1.165, 1.54) is 0 Å². The van der Waals surface area contributed by atoms with Crippen molar-refractivity contribution in [2.24, 2.45) is 0 Å². The molecular weight excluding hydrogens is 334 g/mol. The number of nitrogens with one attached hydrogen (secondary N) is 1. The van der Waals surface area contributed by atoms with Crippen molar-refractivity contribution in [2.75, 3.05) is 5.32 Å². The quantitative estimate of drug-likeness (QED) is 0.631. The van der Waals surface area contributed by atoms with Crippen LogP contribution in [0, 0.1) is 13.8 Å². The fraction of sp³-hybridized carbons (Fsp3) is 0.190. The molecule has 0 radical (unpaired) electrons. The zero-order valence-electron chi connectivity index (χ0n) is 14.3. The zero-order chi connectivity index (χ0) is 17.8. The number of furan rings is 1. The Morgan fingerprint density at radius 1 is 1.00 bits per heavy atom. The Morgan fingerprint density at radius 3 is 2.36 bits per heavy atom. The molecule has 0 fully saturated rings. The predicted molar refractivity (Wildman–Crippen MR) is 102 cm³/mol. The van der Waals surface area contributed by atoms with E-state index in [0.717, 1.165) is 33.9 Å². The maximum absolute atomic E-state index is 12.2. The van der Waals surface area contributed by atoms with E-state index in [-0.39, 0.29) is 5.91 Å². The fourth-order valence-electron chi connectivity index (χ4n) is 2.79. The Kier molecular flexibility index (Phi) is 5.25. The summed E-state index contributed by atoms with van der Waals surface area (Å²) in [5.41, 5.74) is 4.07. The lowest BCUT2D eigenvalue weighted by Crippen LogP contribution is -2.12. The zero-order valence-corrected chi connectivity index (χ0v) is 15.1. The molecule has 3 rings (SSSR count). The van der Waals surface area contributed by atoms with Gasteiger partial charge < -0.3 is 9.73 Å². The maximum Gasteiger partial charge on any atom is 0.224 e. The summed E-state index contributed by atoms with van der Waals surface area (Å²) in [7, 11) is 0. The Balaban J connectivity index is 1.58. The molecule has 0 unspecified atom stereocenters. The van der Waals surface area contributed by atoms with Crippen LogP contribution in [0.4, 0.5) is 5.69 Å². The van der Waals surface area contributed by atoms with E-state index in [1.807, 2.05) is 62.4 Å². The molecule has 0 aliphatic carbocycles. The average molecular weight is 354 g/mol. The van der Waals surface area contributed by atoms with Gasteiger partial charge in [-0.25, -0.2) is 0 Å². The van der Waals surface area contributed by atoms with Crippen LogP contribution < -0.4 is 5.32 Å². The minimum absolute atomic E-state index is 0.0190. The molecule has 0 aliphatic rings. The molecule has 0 saturated carbocycles. The van der Waals surface area contributed by atoms with Crippen molar-refractivity contribution < 1.29 is 9.21 Å². The van der Waals surface area contributed by atoms with Crippen LogP contribution in [0.3, 0.4) is 0 Å². The largest absolute Gasteiger partial charge is 0.461 e. The van der Waals surface area contributed by atoms with Gasteiger partial charge in [-0.05, 0) is 73.5 Å². The van der Waals surface area contributed by atoms with E-state index in [1.54, 1.807) is 0 Å². The van der Waals surface area contributed by atoms with Crippen molar-refractivity contribution in [1.29, 1.82) is 0 Å². The van der Waals surface area contributed by atoms with Crippen molar-refractivity contribution in [1.82, 2.24) is 0 Å². The molecule has 0 saturated heterocycles. The molecule has 128 valence electrons. The van der Waals surface area contributed by atoms with E-state index in [4.69, 9.17) is 16.0 Å². The summed E-state index contributed by atoms with van der Waals surface area (Å²) in [6.07, 6.45) is 0.935. The lowest BCUT2D eigenvalue weighted by molar-refractivity contribution is -0.116. The highest BCUT2D eigenvalue weighted by Gasteiger charge is 2.08. The number of rotatable bonds is 5. The predicted octanol–water partition coefficient (Wildman–Crippen LogP) is 5.79. The minimum atomic E-state index is -0.0190. The van der Waals surface area contributed by atoms with Gasteiger partial charge >= 0.3 is 0 Å². The summed E-state index contributed by atoms with van der Waals surface area (Å²) < 4.78 is 5.83. The standard InChI is InChI=1S/C21H20ClNO2/c1-14-11-15(2)13-18(12-14)23-21(24)10-8-19-7-9-20(25-19)16-3-5-17(22)6-4-16/h3-7,9,11-13H,8,10H2,1-2H3,(H,23,24). The van der Waals surface area contributed by atoms with Crippen LogP contribution in [0.15, 0.2) is 59.0 Å². The van der Waals surface area contributed by atoms with Gasteiger partial charge in [-0.15, -0.1) is 0 Å². The van der Waals surface area contributed by atoms with Gasteiger partial charge in [-0.2, -0.15) is 0 Å². The van der Waals surface area contributed by atoms with Gasteiger partial charge in [0.1, 0.15) is 11.5 Å². The van der Waals surface area contributed by atoms with Crippen molar-refractivity contribution in [3.63, 3.8) is 0 Å². The summed E-state index contributed by atoms with van der Waals surface area (Å²) in [6, 6.07) is 17.3. The number of hydrogen-bond acceptors (Lipinski definition) is 2. The topological polar surface area (TPSA) is 42.2 Å². The first-order chi connectivity index (χ1) is 12.0. The number of hydrogen-bond donors (Lipinski definition) is 1. The summed E-state index contributed by atoms with van der Waals surface area (Å²) in [5.74, 6) is 1.55. The summed E-state index contributed by atoms with van der Waals surface area (Å²) in [4.78, 5) is 12.2. The Morgan fingerprint density at radius 2 is 1.68 bits per heavy atom. The van der Waals surface area contributed by atoms with Gasteiger partial charge in [0, 0.05) is 29.1 Å². The van der Waals surface area contributed by atoms with E-state index in [0.29, 0.717) is 17.9 Å². The van der Waals surface area contributed by atoms with Crippen molar-refractivity contribution in [2.45, 2.75) is 26.7 Å². The lowest BCUT2D eigenvalue weighted by Gasteiger charge is -2.07. The molecule has 4 heteroatoms. The second-order valence-corrected chi connectivity index (χ2v) is 6.63. The van der Waals surface area contributed by atoms with Gasteiger partial charge in [0.25, 0.3) is 0 Å². The second kappa shape index (κ2) is 7.58. The fourth-order valence-corrected chi connectivity index (χ4v) is 2.91. The molecule has 1 amide bonds. The normalized spacial score (nSPS) is 10.7. The second-order valence-electron chi connectivity index (χ2n) is 6.20. The van der Waals surface area contributed by atoms with Gasteiger partial charge in [0.2, 0.25) is 5.91 Å². The smallest absolute Gasteiger partial charge is 0.224 e. The molecule has 1 N–H and O–H groups in total. The van der Waals surface area contributed by atoms with Crippen LogP contribution in [0.25, 0.3) is 11.3 Å². The van der Waals surface area contributed by atoms with E-state index >= 15 is 0 Å². The molecule has 2 aromatic carbocycles. The minimum Gasteiger partial charge on any atom is -0.461 e. The molecule has 3 aromatic rings. The van der Waals surface area contributed by atoms with Crippen LogP contribution in [0.2, 0.25) is 5.02 Å². The summed E-state index contributed by atoms with van der Waals surface area (Å²) in [5, 5.41) is 3.64.